The molecule has 0 N–H and O–H groups in total. The molecule has 0 atom stereocenters. The second-order valence-corrected chi connectivity index (χ2v) is 10.5. The molecule has 0 radical (unpaired) electrons. The van der Waals surface area contributed by atoms with E-state index in [4.69, 9.17) is 9.90 Å². The van der Waals surface area contributed by atoms with Crippen molar-refractivity contribution in [2.75, 3.05) is 0 Å². The summed E-state index contributed by atoms with van der Waals surface area (Å²) in [5, 5.41) is 9.59. The summed E-state index contributed by atoms with van der Waals surface area (Å²) in [5.74, 6) is 0. The molecule has 0 aliphatic heterocycles. The van der Waals surface area contributed by atoms with Crippen LogP contribution in [-0.4, -0.2) is 0 Å². The summed E-state index contributed by atoms with van der Waals surface area (Å²) in [4.78, 5) is 0. The Labute approximate surface area is 242 Å². The second-order valence-electron chi connectivity index (χ2n) is 10.5. The number of hydrogen-bond donors (Lipinski definition) is 0. The number of furan rings is 1. The Morgan fingerprint density at radius 1 is 0.415 bits per heavy atom. The van der Waals surface area contributed by atoms with Gasteiger partial charge in [0, 0.05) is 16.2 Å². The topological polar surface area (TPSA) is 13.1 Å². The lowest BCUT2D eigenvalue weighted by Gasteiger charge is -2.19. The predicted octanol–water partition coefficient (Wildman–Crippen LogP) is 11.5. The summed E-state index contributed by atoms with van der Waals surface area (Å²) >= 11 is 0. The van der Waals surface area contributed by atoms with E-state index in [1.807, 2.05) is 18.2 Å². The van der Waals surface area contributed by atoms with Crippen LogP contribution in [0, 0.1) is 0 Å². The highest BCUT2D eigenvalue weighted by Gasteiger charge is 2.21. The zero-order valence-electron chi connectivity index (χ0n) is 26.0. The highest BCUT2D eigenvalue weighted by molar-refractivity contribution is 6.28. The van der Waals surface area contributed by atoms with E-state index in [0.717, 1.165) is 43.4 Å². The Hall–Kier alpha value is -5.40. The monoisotopic (exact) mass is 524 g/mol. The van der Waals surface area contributed by atoms with Crippen molar-refractivity contribution in [2.24, 2.45) is 0 Å². The Morgan fingerprint density at radius 3 is 1.76 bits per heavy atom. The molecule has 190 valence electrons. The smallest absolute Gasteiger partial charge is 0.143 e. The highest BCUT2D eigenvalue weighted by atomic mass is 16.3. The van der Waals surface area contributed by atoms with E-state index in [-0.39, 0.29) is 24.2 Å². The van der Waals surface area contributed by atoms with Gasteiger partial charge in [0.25, 0.3) is 0 Å². The Bertz CT molecular complexity index is 2640. The van der Waals surface area contributed by atoms with Crippen molar-refractivity contribution < 1.29 is 9.90 Å². The Morgan fingerprint density at radius 2 is 1.00 bits per heavy atom. The van der Waals surface area contributed by atoms with Crippen LogP contribution >= 0.6 is 0 Å². The molecule has 0 bridgehead atoms. The average Bonchev–Trinajstić information content (AvgIpc) is 3.47. The minimum absolute atomic E-state index is 0.0606. The predicted molar refractivity (Wildman–Crippen MR) is 175 cm³/mol. The summed E-state index contributed by atoms with van der Waals surface area (Å²) < 4.78 is 40.2. The molecule has 0 aliphatic rings. The lowest BCUT2D eigenvalue weighted by molar-refractivity contribution is 0.673. The first-order valence-electron chi connectivity index (χ1n) is 15.8. The van der Waals surface area contributed by atoms with Crippen LogP contribution in [0.5, 0.6) is 0 Å². The molecule has 1 nitrogen and oxygen atoms in total. The molecule has 1 heterocycles. The lowest BCUT2D eigenvalue weighted by atomic mass is 9.84. The van der Waals surface area contributed by atoms with Crippen molar-refractivity contribution >= 4 is 65.0 Å². The fourth-order valence-corrected chi connectivity index (χ4v) is 6.67. The van der Waals surface area contributed by atoms with Gasteiger partial charge in [0.05, 0.1) is 5.48 Å². The number of benzene rings is 8. The zero-order chi connectivity index (χ0) is 30.4. The maximum Gasteiger partial charge on any atom is 0.143 e. The Kier molecular flexibility index (Phi) is 3.92. The number of rotatable bonds is 2. The average molecular weight is 525 g/mol. The van der Waals surface area contributed by atoms with Gasteiger partial charge in [0.2, 0.25) is 0 Å². The van der Waals surface area contributed by atoms with Gasteiger partial charge in [-0.15, -0.1) is 0 Å². The van der Waals surface area contributed by atoms with Crippen molar-refractivity contribution in [3.8, 4) is 22.3 Å². The van der Waals surface area contributed by atoms with Gasteiger partial charge >= 0.3 is 0 Å². The van der Waals surface area contributed by atoms with Crippen LogP contribution < -0.4 is 0 Å². The molecule has 41 heavy (non-hydrogen) atoms. The van der Waals surface area contributed by atoms with Crippen molar-refractivity contribution in [1.82, 2.24) is 0 Å². The largest absolute Gasteiger partial charge is 0.455 e. The summed E-state index contributed by atoms with van der Waals surface area (Å²) in [7, 11) is 0. The molecule has 0 aliphatic carbocycles. The fourth-order valence-electron chi connectivity index (χ4n) is 6.67. The van der Waals surface area contributed by atoms with Gasteiger partial charge in [-0.2, -0.15) is 0 Å². The SMILES string of the molecule is [2H]c1c([2H])c([2H])c2c(ccc3c2oc2cccc(-c4c5ccccc5c(-c5cccc6ccccc56)c5ccccc45)c23)c1[2H]. The van der Waals surface area contributed by atoms with Gasteiger partial charge in [-0.05, 0) is 72.1 Å². The van der Waals surface area contributed by atoms with E-state index in [0.29, 0.717) is 21.9 Å². The van der Waals surface area contributed by atoms with Crippen LogP contribution in [0.4, 0.5) is 0 Å². The summed E-state index contributed by atoms with van der Waals surface area (Å²) in [5.41, 5.74) is 5.67. The molecule has 0 fully saturated rings. The molecule has 0 saturated carbocycles. The minimum atomic E-state index is -0.262. The quantitative estimate of drug-likeness (QED) is 0.205. The van der Waals surface area contributed by atoms with E-state index >= 15 is 0 Å². The van der Waals surface area contributed by atoms with Gasteiger partial charge in [-0.3, -0.25) is 0 Å². The van der Waals surface area contributed by atoms with Gasteiger partial charge in [-0.1, -0.05) is 133 Å². The van der Waals surface area contributed by atoms with Gasteiger partial charge in [0.15, 0.2) is 0 Å². The van der Waals surface area contributed by atoms with Crippen LogP contribution in [0.3, 0.4) is 0 Å². The minimum Gasteiger partial charge on any atom is -0.455 e. The third kappa shape index (κ3) is 3.18. The summed E-state index contributed by atoms with van der Waals surface area (Å²) in [6.45, 7) is 0. The molecule has 8 aromatic carbocycles. The normalized spacial score (nSPS) is 13.3. The third-order valence-electron chi connectivity index (χ3n) is 8.37. The fraction of sp³-hybridized carbons (Fsp3) is 0. The third-order valence-corrected chi connectivity index (χ3v) is 8.37. The first-order chi connectivity index (χ1) is 22.0. The van der Waals surface area contributed by atoms with Crippen molar-refractivity contribution in [3.05, 3.63) is 145 Å². The molecule has 1 aromatic heterocycles. The number of hydrogen-bond acceptors (Lipinski definition) is 1. The lowest BCUT2D eigenvalue weighted by Crippen LogP contribution is -1.92. The van der Waals surface area contributed by atoms with E-state index < -0.39 is 0 Å². The maximum absolute atomic E-state index is 8.73. The van der Waals surface area contributed by atoms with E-state index in [1.165, 1.54) is 21.9 Å². The van der Waals surface area contributed by atoms with Crippen molar-refractivity contribution in [2.45, 2.75) is 0 Å². The number of fused-ring (bicyclic) bond motifs is 8. The van der Waals surface area contributed by atoms with Crippen LogP contribution in [0.25, 0.3) is 87.3 Å². The van der Waals surface area contributed by atoms with Gasteiger partial charge < -0.3 is 4.42 Å². The molecule has 0 spiro atoms. The first kappa shape index (κ1) is 18.8. The molecule has 9 rings (SSSR count). The van der Waals surface area contributed by atoms with E-state index in [1.54, 1.807) is 6.07 Å². The summed E-state index contributed by atoms with van der Waals surface area (Å²) in [6, 6.07) is 41.4. The van der Waals surface area contributed by atoms with Crippen molar-refractivity contribution in [1.29, 1.82) is 0 Å². The second kappa shape index (κ2) is 8.55. The van der Waals surface area contributed by atoms with E-state index in [2.05, 4.69) is 97.1 Å². The first-order valence-corrected chi connectivity index (χ1v) is 13.8. The van der Waals surface area contributed by atoms with Crippen LogP contribution in [0.1, 0.15) is 5.48 Å². The maximum atomic E-state index is 8.73. The molecule has 0 unspecified atom stereocenters. The van der Waals surface area contributed by atoms with Crippen LogP contribution in [-0.2, 0) is 0 Å². The van der Waals surface area contributed by atoms with Gasteiger partial charge in [0.1, 0.15) is 11.2 Å². The molecule has 0 amide bonds. The molecule has 9 aromatic rings. The van der Waals surface area contributed by atoms with Crippen LogP contribution in [0.15, 0.2) is 150 Å². The highest BCUT2D eigenvalue weighted by Crippen LogP contribution is 2.48. The van der Waals surface area contributed by atoms with Crippen LogP contribution in [0.2, 0.25) is 0 Å². The zero-order valence-corrected chi connectivity index (χ0v) is 22.0. The molecule has 1 heteroatoms. The van der Waals surface area contributed by atoms with Crippen molar-refractivity contribution in [3.63, 3.8) is 0 Å². The molecular formula is C40H24O. The molecular weight excluding hydrogens is 496 g/mol. The Balaban J connectivity index is 1.45. The molecule has 0 saturated heterocycles. The van der Waals surface area contributed by atoms with E-state index in [9.17, 15) is 0 Å². The van der Waals surface area contributed by atoms with Gasteiger partial charge in [-0.25, -0.2) is 0 Å². The summed E-state index contributed by atoms with van der Waals surface area (Å²) in [6.07, 6.45) is 0. The standard InChI is InChI=1S/C40H24O/c1-3-14-27-25(11-1)13-9-20-29(27)37-30-16-5-7-18-32(30)38(33-19-8-6-17-31(33)37)34-21-10-22-36-39(34)35-24-23-26-12-2-4-15-28(26)40(35)41-36/h1-24H/i2D,4D,12D,15D.